The molecule has 0 fully saturated rings. The monoisotopic (exact) mass is 203 g/mol. The molecule has 3 heteroatoms. The minimum Gasteiger partial charge on any atom is -0.267 e. The van der Waals surface area contributed by atoms with Crippen LogP contribution in [0, 0.1) is 24.2 Å². The van der Waals surface area contributed by atoms with Crippen LogP contribution in [0.4, 0.5) is 0 Å². The summed E-state index contributed by atoms with van der Waals surface area (Å²) in [7, 11) is 0. The summed E-state index contributed by atoms with van der Waals surface area (Å²) < 4.78 is 2.09. The van der Waals surface area contributed by atoms with Crippen LogP contribution in [0.25, 0.3) is 0 Å². The molecule has 0 radical (unpaired) electrons. The van der Waals surface area contributed by atoms with Gasteiger partial charge in [-0.25, -0.2) is 0 Å². The Morgan fingerprint density at radius 2 is 2.27 bits per heavy atom. The highest BCUT2D eigenvalue weighted by atomic mass is 15.3. The van der Waals surface area contributed by atoms with Crippen molar-refractivity contribution < 1.29 is 0 Å². The van der Waals surface area contributed by atoms with Gasteiger partial charge in [0.1, 0.15) is 0 Å². The average molecular weight is 203 g/mol. The largest absolute Gasteiger partial charge is 0.267 e. The number of nitriles is 1. The fourth-order valence-electron chi connectivity index (χ4n) is 2.37. The lowest BCUT2D eigenvalue weighted by Crippen LogP contribution is -2.12. The first-order valence-corrected chi connectivity index (χ1v) is 5.60. The zero-order valence-electron chi connectivity index (χ0n) is 9.62. The third-order valence-corrected chi connectivity index (χ3v) is 3.21. The molecule has 0 spiro atoms. The zero-order chi connectivity index (χ0) is 11.0. The van der Waals surface area contributed by atoms with E-state index in [1.165, 1.54) is 11.3 Å². The molecule has 2 rings (SSSR count). The number of aromatic nitrogens is 2. The molecule has 3 nitrogen and oxygen atoms in total. The highest BCUT2D eigenvalue weighted by Crippen LogP contribution is 2.28. The summed E-state index contributed by atoms with van der Waals surface area (Å²) in [6, 6.07) is 2.77. The molecule has 1 aliphatic rings. The van der Waals surface area contributed by atoms with Crippen LogP contribution in [0.3, 0.4) is 0 Å². The van der Waals surface area contributed by atoms with Gasteiger partial charge >= 0.3 is 0 Å². The first-order valence-electron chi connectivity index (χ1n) is 5.60. The second-order valence-corrected chi connectivity index (χ2v) is 4.62. The zero-order valence-corrected chi connectivity index (χ0v) is 9.62. The van der Waals surface area contributed by atoms with Crippen LogP contribution < -0.4 is 0 Å². The second-order valence-electron chi connectivity index (χ2n) is 4.62. The number of nitrogens with zero attached hydrogens (tertiary/aromatic N) is 3. The molecule has 0 N–H and O–H groups in total. The van der Waals surface area contributed by atoms with E-state index in [9.17, 15) is 0 Å². The van der Waals surface area contributed by atoms with Crippen molar-refractivity contribution in [3.63, 3.8) is 0 Å². The number of rotatable bonds is 1. The fraction of sp³-hybridized carbons (Fsp3) is 0.667. The Kier molecular flexibility index (Phi) is 2.52. The van der Waals surface area contributed by atoms with E-state index in [4.69, 9.17) is 5.26 Å². The lowest BCUT2D eigenvalue weighted by molar-refractivity contribution is 0.507. The van der Waals surface area contributed by atoms with Gasteiger partial charge in [0.05, 0.1) is 17.7 Å². The molecule has 0 amide bonds. The molecule has 1 heterocycles. The smallest absolute Gasteiger partial charge is 0.0672 e. The van der Waals surface area contributed by atoms with Crippen molar-refractivity contribution in [2.75, 3.05) is 0 Å². The van der Waals surface area contributed by atoms with Crippen molar-refractivity contribution >= 4 is 0 Å². The van der Waals surface area contributed by atoms with Gasteiger partial charge < -0.3 is 0 Å². The lowest BCUT2D eigenvalue weighted by atomic mass is 9.88. The summed E-state index contributed by atoms with van der Waals surface area (Å²) in [5, 5.41) is 13.5. The molecule has 0 saturated carbocycles. The normalized spacial score (nSPS) is 20.1. The van der Waals surface area contributed by atoms with Gasteiger partial charge in [0.15, 0.2) is 0 Å². The number of hydrogen-bond donors (Lipinski definition) is 0. The molecule has 1 aliphatic carbocycles. The molecule has 0 aromatic carbocycles. The van der Waals surface area contributed by atoms with Crippen LogP contribution in [-0.4, -0.2) is 9.78 Å². The van der Waals surface area contributed by atoms with Gasteiger partial charge in [-0.1, -0.05) is 0 Å². The molecule has 0 bridgehead atoms. The van der Waals surface area contributed by atoms with Gasteiger partial charge in [0, 0.05) is 18.2 Å². The van der Waals surface area contributed by atoms with Crippen LogP contribution in [0.15, 0.2) is 0 Å². The Balaban J connectivity index is 2.38. The van der Waals surface area contributed by atoms with Gasteiger partial charge in [-0.2, -0.15) is 10.4 Å². The maximum Gasteiger partial charge on any atom is 0.0672 e. The standard InChI is InChI=1S/C12H17N3/c1-8(2)15-9(3)11-5-4-10(7-13)6-12(11)14-15/h8,10H,4-6H2,1-3H3. The third-order valence-electron chi connectivity index (χ3n) is 3.21. The van der Waals surface area contributed by atoms with Crippen molar-refractivity contribution in [2.24, 2.45) is 5.92 Å². The van der Waals surface area contributed by atoms with E-state index in [-0.39, 0.29) is 5.92 Å². The molecule has 1 atom stereocenters. The number of hydrogen-bond acceptors (Lipinski definition) is 2. The van der Waals surface area contributed by atoms with Crippen LogP contribution in [0.1, 0.15) is 43.3 Å². The molecule has 0 saturated heterocycles. The van der Waals surface area contributed by atoms with Gasteiger partial charge in [-0.3, -0.25) is 4.68 Å². The van der Waals surface area contributed by atoms with Crippen LogP contribution in [0.5, 0.6) is 0 Å². The first kappa shape index (κ1) is 10.2. The van der Waals surface area contributed by atoms with Crippen molar-refractivity contribution in [1.82, 2.24) is 9.78 Å². The minimum absolute atomic E-state index is 0.174. The van der Waals surface area contributed by atoms with E-state index in [0.717, 1.165) is 25.0 Å². The lowest BCUT2D eigenvalue weighted by Gasteiger charge is -2.14. The molecule has 1 unspecified atom stereocenters. The maximum absolute atomic E-state index is 8.92. The molecule has 80 valence electrons. The predicted octanol–water partition coefficient (Wildman–Crippen LogP) is 2.40. The summed E-state index contributed by atoms with van der Waals surface area (Å²) >= 11 is 0. The second kappa shape index (κ2) is 3.69. The van der Waals surface area contributed by atoms with Gasteiger partial charge in [0.2, 0.25) is 0 Å². The topological polar surface area (TPSA) is 41.6 Å². The van der Waals surface area contributed by atoms with E-state index < -0.39 is 0 Å². The molecule has 1 aromatic heterocycles. The Bertz CT molecular complexity index is 409. The van der Waals surface area contributed by atoms with Crippen LogP contribution >= 0.6 is 0 Å². The highest BCUT2D eigenvalue weighted by molar-refractivity contribution is 5.29. The summed E-state index contributed by atoms with van der Waals surface area (Å²) in [4.78, 5) is 0. The van der Waals surface area contributed by atoms with Crippen molar-refractivity contribution in [1.29, 1.82) is 5.26 Å². The van der Waals surface area contributed by atoms with E-state index in [2.05, 4.69) is 36.6 Å². The van der Waals surface area contributed by atoms with Gasteiger partial charge in [0.25, 0.3) is 0 Å². The van der Waals surface area contributed by atoms with Gasteiger partial charge in [-0.15, -0.1) is 0 Å². The van der Waals surface area contributed by atoms with Crippen molar-refractivity contribution in [3.8, 4) is 6.07 Å². The van der Waals surface area contributed by atoms with Gasteiger partial charge in [-0.05, 0) is 39.2 Å². The fourth-order valence-corrected chi connectivity index (χ4v) is 2.37. The summed E-state index contributed by atoms with van der Waals surface area (Å²) in [5.41, 5.74) is 3.82. The quantitative estimate of drug-likeness (QED) is 0.703. The van der Waals surface area contributed by atoms with E-state index in [0.29, 0.717) is 6.04 Å². The van der Waals surface area contributed by atoms with E-state index in [1.807, 2.05) is 0 Å². The molecule has 0 aliphatic heterocycles. The van der Waals surface area contributed by atoms with E-state index >= 15 is 0 Å². The highest BCUT2D eigenvalue weighted by Gasteiger charge is 2.24. The summed E-state index contributed by atoms with van der Waals surface area (Å²) in [6.07, 6.45) is 2.85. The first-order chi connectivity index (χ1) is 7.13. The van der Waals surface area contributed by atoms with Crippen LogP contribution in [-0.2, 0) is 12.8 Å². The molecular weight excluding hydrogens is 186 g/mol. The van der Waals surface area contributed by atoms with Crippen molar-refractivity contribution in [2.45, 2.75) is 46.1 Å². The number of fused-ring (bicyclic) bond motifs is 1. The Labute approximate surface area is 90.7 Å². The van der Waals surface area contributed by atoms with Crippen LogP contribution in [0.2, 0.25) is 0 Å². The Morgan fingerprint density at radius 3 is 2.87 bits per heavy atom. The molecule has 1 aromatic rings. The summed E-state index contributed by atoms with van der Waals surface area (Å²) in [6.45, 7) is 6.43. The Hall–Kier alpha value is -1.30. The minimum atomic E-state index is 0.174. The van der Waals surface area contributed by atoms with E-state index in [1.54, 1.807) is 0 Å². The Morgan fingerprint density at radius 1 is 1.53 bits per heavy atom. The SMILES string of the molecule is Cc1c2c(nn1C(C)C)CC(C#N)CC2. The molecule has 15 heavy (non-hydrogen) atoms. The third kappa shape index (κ3) is 1.65. The summed E-state index contributed by atoms with van der Waals surface area (Å²) in [5.74, 6) is 0.174. The predicted molar refractivity (Wildman–Crippen MR) is 58.5 cm³/mol. The average Bonchev–Trinajstić information content (AvgIpc) is 2.55. The molecular formula is C12H17N3. The maximum atomic E-state index is 8.92. The van der Waals surface area contributed by atoms with Crippen molar-refractivity contribution in [3.05, 3.63) is 17.0 Å².